The van der Waals surface area contributed by atoms with E-state index < -0.39 is 22.0 Å². The number of benzene rings is 1. The first kappa shape index (κ1) is 14.3. The number of primary sulfonamides is 1. The molecule has 96 valence electrons. The SMILES string of the molecule is NS(=O)(=O)c1cccc(CSCC(F)(F)F)c1. The van der Waals surface area contributed by atoms with Crippen LogP contribution in [-0.4, -0.2) is 20.3 Å². The summed E-state index contributed by atoms with van der Waals surface area (Å²) < 4.78 is 57.7. The Kier molecular flexibility index (Phi) is 4.45. The Hall–Kier alpha value is -0.730. The van der Waals surface area contributed by atoms with E-state index in [9.17, 15) is 21.6 Å². The first-order valence-corrected chi connectivity index (χ1v) is 7.15. The van der Waals surface area contributed by atoms with Gasteiger partial charge in [-0.2, -0.15) is 13.2 Å². The second-order valence-electron chi connectivity index (χ2n) is 3.30. The van der Waals surface area contributed by atoms with Crippen LogP contribution in [-0.2, 0) is 15.8 Å². The van der Waals surface area contributed by atoms with E-state index in [1.165, 1.54) is 18.2 Å². The van der Waals surface area contributed by atoms with Gasteiger partial charge in [-0.1, -0.05) is 12.1 Å². The largest absolute Gasteiger partial charge is 0.397 e. The lowest BCUT2D eigenvalue weighted by molar-refractivity contribution is -0.105. The summed E-state index contributed by atoms with van der Waals surface area (Å²) in [6, 6.07) is 5.58. The van der Waals surface area contributed by atoms with E-state index in [4.69, 9.17) is 5.14 Å². The Morgan fingerprint density at radius 2 is 1.94 bits per heavy atom. The number of rotatable bonds is 4. The van der Waals surface area contributed by atoms with Crippen LogP contribution in [0.1, 0.15) is 5.56 Å². The van der Waals surface area contributed by atoms with Crippen LogP contribution in [0.2, 0.25) is 0 Å². The van der Waals surface area contributed by atoms with Crippen LogP contribution in [0.4, 0.5) is 13.2 Å². The lowest BCUT2D eigenvalue weighted by Gasteiger charge is -2.06. The minimum Gasteiger partial charge on any atom is -0.225 e. The standard InChI is InChI=1S/C9H10F3NO2S2/c10-9(11,12)6-16-5-7-2-1-3-8(4-7)17(13,14)15/h1-4H,5-6H2,(H2,13,14,15). The van der Waals surface area contributed by atoms with Gasteiger partial charge in [0, 0.05) is 5.75 Å². The van der Waals surface area contributed by atoms with Gasteiger partial charge >= 0.3 is 6.18 Å². The average molecular weight is 285 g/mol. The molecule has 3 nitrogen and oxygen atoms in total. The van der Waals surface area contributed by atoms with Crippen LogP contribution < -0.4 is 5.14 Å². The molecule has 0 spiro atoms. The first-order chi connectivity index (χ1) is 7.68. The molecule has 0 amide bonds. The molecule has 1 aromatic carbocycles. The predicted octanol–water partition coefficient (Wildman–Crippen LogP) is 2.13. The lowest BCUT2D eigenvalue weighted by atomic mass is 10.2. The maximum absolute atomic E-state index is 11.9. The van der Waals surface area contributed by atoms with E-state index in [0.717, 1.165) is 0 Å². The molecule has 0 aromatic heterocycles. The van der Waals surface area contributed by atoms with E-state index in [2.05, 4.69) is 0 Å². The second kappa shape index (κ2) is 5.28. The van der Waals surface area contributed by atoms with Gasteiger partial charge in [-0.25, -0.2) is 13.6 Å². The number of nitrogens with two attached hydrogens (primary N) is 1. The van der Waals surface area contributed by atoms with Gasteiger partial charge in [0.05, 0.1) is 10.6 Å². The third-order valence-electron chi connectivity index (χ3n) is 1.76. The van der Waals surface area contributed by atoms with Crippen molar-refractivity contribution in [2.24, 2.45) is 5.14 Å². The zero-order chi connectivity index (χ0) is 13.1. The van der Waals surface area contributed by atoms with Crippen LogP contribution in [0.3, 0.4) is 0 Å². The molecule has 0 saturated heterocycles. The molecule has 0 atom stereocenters. The summed E-state index contributed by atoms with van der Waals surface area (Å²) in [5.41, 5.74) is 0.491. The molecule has 0 unspecified atom stereocenters. The topological polar surface area (TPSA) is 60.2 Å². The third kappa shape index (κ3) is 5.42. The van der Waals surface area contributed by atoms with E-state index >= 15 is 0 Å². The van der Waals surface area contributed by atoms with E-state index in [0.29, 0.717) is 17.3 Å². The second-order valence-corrected chi connectivity index (χ2v) is 5.85. The minimum atomic E-state index is -4.22. The molecule has 0 aliphatic heterocycles. The first-order valence-electron chi connectivity index (χ1n) is 4.45. The highest BCUT2D eigenvalue weighted by Crippen LogP contribution is 2.24. The van der Waals surface area contributed by atoms with Gasteiger partial charge in [-0.3, -0.25) is 0 Å². The normalized spacial score (nSPS) is 12.7. The summed E-state index contributed by atoms with van der Waals surface area (Å²) in [7, 11) is -3.81. The van der Waals surface area contributed by atoms with Crippen molar-refractivity contribution in [3.63, 3.8) is 0 Å². The van der Waals surface area contributed by atoms with Gasteiger partial charge in [0.1, 0.15) is 0 Å². The van der Waals surface area contributed by atoms with E-state index in [-0.39, 0.29) is 10.6 Å². The Balaban J connectivity index is 2.68. The molecule has 0 bridgehead atoms. The molecule has 0 saturated carbocycles. The maximum atomic E-state index is 11.9. The lowest BCUT2D eigenvalue weighted by Crippen LogP contribution is -2.12. The Morgan fingerprint density at radius 1 is 1.29 bits per heavy atom. The summed E-state index contributed by atoms with van der Waals surface area (Å²) in [6.07, 6.45) is -4.22. The van der Waals surface area contributed by atoms with Crippen LogP contribution in [0.15, 0.2) is 29.2 Å². The monoisotopic (exact) mass is 285 g/mol. The molecule has 1 aromatic rings. The maximum Gasteiger partial charge on any atom is 0.397 e. The smallest absolute Gasteiger partial charge is 0.225 e. The molecule has 0 heterocycles. The number of halogens is 3. The summed E-state index contributed by atoms with van der Waals surface area (Å²) in [5, 5.41) is 4.91. The highest BCUT2D eigenvalue weighted by Gasteiger charge is 2.26. The fourth-order valence-corrected chi connectivity index (χ4v) is 2.43. The van der Waals surface area contributed by atoms with Crippen molar-refractivity contribution in [3.05, 3.63) is 29.8 Å². The van der Waals surface area contributed by atoms with Gasteiger partial charge in [-0.05, 0) is 17.7 Å². The molecular formula is C9H10F3NO2S2. The quantitative estimate of drug-likeness (QED) is 0.922. The zero-order valence-corrected chi connectivity index (χ0v) is 10.2. The minimum absolute atomic E-state index is 0.0862. The van der Waals surface area contributed by atoms with E-state index in [1.54, 1.807) is 6.07 Å². The van der Waals surface area contributed by atoms with E-state index in [1.807, 2.05) is 0 Å². The molecule has 17 heavy (non-hydrogen) atoms. The van der Waals surface area contributed by atoms with Crippen LogP contribution in [0.25, 0.3) is 0 Å². The third-order valence-corrected chi connectivity index (χ3v) is 3.74. The Morgan fingerprint density at radius 3 is 2.47 bits per heavy atom. The fourth-order valence-electron chi connectivity index (χ4n) is 1.10. The molecule has 8 heteroatoms. The summed E-state index contributed by atoms with van der Waals surface area (Å²) in [4.78, 5) is -0.0948. The van der Waals surface area contributed by atoms with Gasteiger partial charge in [0.2, 0.25) is 10.0 Å². The average Bonchev–Trinajstić information content (AvgIpc) is 2.15. The van der Waals surface area contributed by atoms with Gasteiger partial charge < -0.3 is 0 Å². The van der Waals surface area contributed by atoms with Crippen molar-refractivity contribution >= 4 is 21.8 Å². The zero-order valence-electron chi connectivity index (χ0n) is 8.57. The highest BCUT2D eigenvalue weighted by molar-refractivity contribution is 7.98. The molecule has 0 aliphatic carbocycles. The predicted molar refractivity (Wildman–Crippen MR) is 60.0 cm³/mol. The molecule has 2 N–H and O–H groups in total. The number of sulfonamides is 1. The van der Waals surface area contributed by atoms with Crippen LogP contribution in [0.5, 0.6) is 0 Å². The molecule has 0 fully saturated rings. The highest BCUT2D eigenvalue weighted by atomic mass is 32.2. The molecule has 1 rings (SSSR count). The van der Waals surface area contributed by atoms with Gasteiger partial charge in [-0.15, -0.1) is 11.8 Å². The van der Waals surface area contributed by atoms with Crippen LogP contribution >= 0.6 is 11.8 Å². The van der Waals surface area contributed by atoms with Gasteiger partial charge in [0.25, 0.3) is 0 Å². The van der Waals surface area contributed by atoms with Crippen molar-refractivity contribution in [3.8, 4) is 0 Å². The van der Waals surface area contributed by atoms with Crippen molar-refractivity contribution in [1.82, 2.24) is 0 Å². The van der Waals surface area contributed by atoms with Crippen LogP contribution in [0, 0.1) is 0 Å². The van der Waals surface area contributed by atoms with Crippen molar-refractivity contribution in [2.75, 3.05) is 5.75 Å². The summed E-state index contributed by atoms with van der Waals surface area (Å²) in [5.74, 6) is -0.879. The van der Waals surface area contributed by atoms with Crippen molar-refractivity contribution in [2.45, 2.75) is 16.8 Å². The summed E-state index contributed by atoms with van der Waals surface area (Å²) in [6.45, 7) is 0. The summed E-state index contributed by atoms with van der Waals surface area (Å²) >= 11 is 0.672. The number of hydrogen-bond acceptors (Lipinski definition) is 3. The molecular weight excluding hydrogens is 275 g/mol. The Labute approximate surface area is 101 Å². The molecule has 0 aliphatic rings. The van der Waals surface area contributed by atoms with Gasteiger partial charge in [0.15, 0.2) is 0 Å². The molecule has 0 radical (unpaired) electrons. The van der Waals surface area contributed by atoms with Crippen molar-refractivity contribution in [1.29, 1.82) is 0 Å². The number of thioether (sulfide) groups is 1. The number of alkyl halides is 3. The number of hydrogen-bond donors (Lipinski definition) is 1. The van der Waals surface area contributed by atoms with Crippen molar-refractivity contribution < 1.29 is 21.6 Å². The Bertz CT molecular complexity index is 485. The fraction of sp³-hybridized carbons (Fsp3) is 0.333.